The number of nitrogens with zero attached hydrogens (tertiary/aromatic N) is 3. The summed E-state index contributed by atoms with van der Waals surface area (Å²) in [6.45, 7) is 4.89. The number of carboxylic acid groups (broad SMARTS) is 1. The number of carbonyl (C=O) groups excluding carboxylic acids is 1. The predicted molar refractivity (Wildman–Crippen MR) is 130 cm³/mol. The van der Waals surface area contributed by atoms with E-state index in [4.69, 9.17) is 9.90 Å². The highest BCUT2D eigenvalue weighted by molar-refractivity contribution is 7.07. The van der Waals surface area contributed by atoms with Crippen molar-refractivity contribution in [2.24, 2.45) is 11.8 Å². The summed E-state index contributed by atoms with van der Waals surface area (Å²) in [6.07, 6.45) is -5.08. The molecule has 190 valence electrons. The molecule has 0 aliphatic carbocycles. The normalized spacial score (nSPS) is 19.6. The summed E-state index contributed by atoms with van der Waals surface area (Å²) >= 11 is 1.48. The van der Waals surface area contributed by atoms with Crippen LogP contribution in [-0.4, -0.2) is 70.7 Å². The van der Waals surface area contributed by atoms with E-state index in [-0.39, 0.29) is 5.91 Å². The fourth-order valence-corrected chi connectivity index (χ4v) is 5.44. The maximum Gasteiger partial charge on any atom is 0.490 e. The van der Waals surface area contributed by atoms with E-state index < -0.39 is 12.1 Å². The van der Waals surface area contributed by atoms with Crippen LogP contribution in [0.5, 0.6) is 0 Å². The number of alkyl halides is 3. The summed E-state index contributed by atoms with van der Waals surface area (Å²) in [7, 11) is 0. The third-order valence-electron chi connectivity index (χ3n) is 6.59. The molecule has 1 amide bonds. The van der Waals surface area contributed by atoms with E-state index in [0.717, 1.165) is 32.7 Å². The van der Waals surface area contributed by atoms with Gasteiger partial charge in [-0.1, -0.05) is 60.7 Å². The second kappa shape index (κ2) is 11.2. The van der Waals surface area contributed by atoms with Crippen molar-refractivity contribution in [1.29, 1.82) is 0 Å². The maximum absolute atomic E-state index is 12.6. The summed E-state index contributed by atoms with van der Waals surface area (Å²) in [4.78, 5) is 30.3. The number of amides is 1. The van der Waals surface area contributed by atoms with Crippen molar-refractivity contribution >= 4 is 23.2 Å². The van der Waals surface area contributed by atoms with Crippen LogP contribution in [0.15, 0.2) is 71.6 Å². The van der Waals surface area contributed by atoms with Crippen LogP contribution in [0.1, 0.15) is 27.5 Å². The van der Waals surface area contributed by atoms with Crippen LogP contribution in [0.25, 0.3) is 0 Å². The molecule has 3 aromatic rings. The molecule has 2 aromatic carbocycles. The van der Waals surface area contributed by atoms with Crippen LogP contribution in [-0.2, 0) is 4.79 Å². The fraction of sp³-hybridized carbons (Fsp3) is 0.346. The molecule has 1 N–H and O–H groups in total. The van der Waals surface area contributed by atoms with Crippen LogP contribution in [0.3, 0.4) is 0 Å². The molecule has 5 rings (SSSR count). The van der Waals surface area contributed by atoms with Gasteiger partial charge in [-0.05, 0) is 23.0 Å². The number of likely N-dealkylation sites (tertiary alicyclic amines) is 2. The Bertz CT molecular complexity index is 1090. The summed E-state index contributed by atoms with van der Waals surface area (Å²) in [5.74, 6) is -1.13. The topological polar surface area (TPSA) is 73.7 Å². The Hall–Kier alpha value is -3.24. The zero-order valence-corrected chi connectivity index (χ0v) is 20.2. The number of carboxylic acids is 1. The van der Waals surface area contributed by atoms with Crippen molar-refractivity contribution in [3.63, 3.8) is 0 Å². The van der Waals surface area contributed by atoms with Gasteiger partial charge >= 0.3 is 12.1 Å². The molecule has 2 fully saturated rings. The van der Waals surface area contributed by atoms with Gasteiger partial charge in [-0.2, -0.15) is 13.2 Å². The average Bonchev–Trinajstić information content (AvgIpc) is 3.60. The van der Waals surface area contributed by atoms with E-state index in [2.05, 4.69) is 70.5 Å². The Morgan fingerprint density at radius 1 is 0.944 bits per heavy atom. The highest BCUT2D eigenvalue weighted by Crippen LogP contribution is 2.34. The number of thiazole rings is 1. The van der Waals surface area contributed by atoms with Gasteiger partial charge in [0, 0.05) is 44.0 Å². The quantitative estimate of drug-likeness (QED) is 0.535. The van der Waals surface area contributed by atoms with Crippen molar-refractivity contribution in [1.82, 2.24) is 14.8 Å². The molecule has 2 aliphatic heterocycles. The molecule has 2 aliphatic rings. The number of benzene rings is 2. The number of carbonyl (C=O) groups is 2. The molecular formula is C26H26F3N3O3S. The molecule has 1 aromatic heterocycles. The Morgan fingerprint density at radius 3 is 1.86 bits per heavy atom. The van der Waals surface area contributed by atoms with Crippen LogP contribution in [0.4, 0.5) is 13.2 Å². The van der Waals surface area contributed by atoms with Crippen molar-refractivity contribution in [2.75, 3.05) is 32.7 Å². The second-order valence-corrected chi connectivity index (χ2v) is 9.72. The lowest BCUT2D eigenvalue weighted by Crippen LogP contribution is -2.34. The predicted octanol–water partition coefficient (Wildman–Crippen LogP) is 4.61. The first-order chi connectivity index (χ1) is 17.2. The van der Waals surface area contributed by atoms with Gasteiger partial charge < -0.3 is 14.9 Å². The van der Waals surface area contributed by atoms with Gasteiger partial charge in [0.15, 0.2) is 0 Å². The number of hydrogen-bond donors (Lipinski definition) is 1. The van der Waals surface area contributed by atoms with Gasteiger partial charge in [-0.15, -0.1) is 11.3 Å². The summed E-state index contributed by atoms with van der Waals surface area (Å²) in [5.41, 5.74) is 5.08. The number of aromatic nitrogens is 1. The monoisotopic (exact) mass is 517 g/mol. The fourth-order valence-electron chi connectivity index (χ4n) is 4.92. The molecule has 0 radical (unpaired) electrons. The van der Waals surface area contributed by atoms with E-state index in [0.29, 0.717) is 23.4 Å². The Balaban J connectivity index is 0.000000384. The van der Waals surface area contributed by atoms with Gasteiger partial charge in [0.2, 0.25) is 0 Å². The van der Waals surface area contributed by atoms with Crippen LogP contribution < -0.4 is 0 Å². The molecule has 3 heterocycles. The van der Waals surface area contributed by atoms with E-state index in [1.807, 2.05) is 10.3 Å². The second-order valence-electron chi connectivity index (χ2n) is 9.00. The highest BCUT2D eigenvalue weighted by atomic mass is 32.1. The molecule has 0 spiro atoms. The molecule has 6 nitrogen and oxygen atoms in total. The Morgan fingerprint density at radius 2 is 1.44 bits per heavy atom. The van der Waals surface area contributed by atoms with Gasteiger partial charge in [0.25, 0.3) is 5.91 Å². The summed E-state index contributed by atoms with van der Waals surface area (Å²) in [6, 6.07) is 21.6. The largest absolute Gasteiger partial charge is 0.490 e. The van der Waals surface area contributed by atoms with E-state index in [1.165, 1.54) is 22.5 Å². The Kier molecular flexibility index (Phi) is 8.05. The summed E-state index contributed by atoms with van der Waals surface area (Å²) in [5, 5.41) is 8.98. The molecular weight excluding hydrogens is 491 g/mol. The minimum Gasteiger partial charge on any atom is -0.475 e. The van der Waals surface area contributed by atoms with Crippen molar-refractivity contribution in [2.45, 2.75) is 12.1 Å². The highest BCUT2D eigenvalue weighted by Gasteiger charge is 2.42. The first-order valence-electron chi connectivity index (χ1n) is 11.5. The Labute approximate surface area is 211 Å². The summed E-state index contributed by atoms with van der Waals surface area (Å²) < 4.78 is 31.7. The molecule has 0 saturated carbocycles. The number of aliphatic carboxylic acids is 1. The van der Waals surface area contributed by atoms with Gasteiger partial charge in [0.05, 0.1) is 5.51 Å². The van der Waals surface area contributed by atoms with E-state index in [9.17, 15) is 18.0 Å². The van der Waals surface area contributed by atoms with Crippen molar-refractivity contribution in [3.05, 3.63) is 88.4 Å². The van der Waals surface area contributed by atoms with Crippen LogP contribution >= 0.6 is 11.3 Å². The van der Waals surface area contributed by atoms with Gasteiger partial charge in [0.1, 0.15) is 5.69 Å². The number of halogens is 3. The zero-order valence-electron chi connectivity index (χ0n) is 19.3. The number of hydrogen-bond acceptors (Lipinski definition) is 5. The minimum absolute atomic E-state index is 0.0960. The van der Waals surface area contributed by atoms with Crippen molar-refractivity contribution < 1.29 is 27.9 Å². The van der Waals surface area contributed by atoms with E-state index >= 15 is 0 Å². The van der Waals surface area contributed by atoms with Gasteiger partial charge in [-0.25, -0.2) is 9.78 Å². The number of fused-ring (bicyclic) bond motifs is 1. The first-order valence-corrected chi connectivity index (χ1v) is 12.5. The SMILES string of the molecule is O=C(O)C(F)(F)F.O=C(c1cscn1)N1CC2CN(CC(c3ccccc3)c3ccccc3)CC2C1. The molecule has 36 heavy (non-hydrogen) atoms. The maximum atomic E-state index is 12.6. The molecule has 2 saturated heterocycles. The van der Waals surface area contributed by atoms with Gasteiger partial charge in [-0.3, -0.25) is 4.79 Å². The standard InChI is InChI=1S/C24H25N3OS.C2HF3O2/c28-24(23-16-29-17-25-23)27-13-20-11-26(12-21(20)14-27)15-22(18-7-3-1-4-8-18)19-9-5-2-6-10-19;3-2(4,5)1(6)7/h1-10,16-17,20-22H,11-15H2;(H,6,7). The minimum atomic E-state index is -5.08. The molecule has 2 unspecified atom stereocenters. The lowest BCUT2D eigenvalue weighted by atomic mass is 9.91. The third kappa shape index (κ3) is 6.30. The third-order valence-corrected chi connectivity index (χ3v) is 7.17. The average molecular weight is 518 g/mol. The lowest BCUT2D eigenvalue weighted by molar-refractivity contribution is -0.192. The zero-order chi connectivity index (χ0) is 25.7. The molecule has 10 heteroatoms. The first kappa shape index (κ1) is 25.8. The molecule has 2 atom stereocenters. The number of rotatable bonds is 5. The van der Waals surface area contributed by atoms with Crippen LogP contribution in [0.2, 0.25) is 0 Å². The van der Waals surface area contributed by atoms with Crippen molar-refractivity contribution in [3.8, 4) is 0 Å². The smallest absolute Gasteiger partial charge is 0.475 e. The molecule has 0 bridgehead atoms. The lowest BCUT2D eigenvalue weighted by Gasteiger charge is -2.26. The van der Waals surface area contributed by atoms with E-state index in [1.54, 1.807) is 5.51 Å². The van der Waals surface area contributed by atoms with Crippen LogP contribution in [0, 0.1) is 11.8 Å².